The van der Waals surface area contributed by atoms with E-state index in [0.29, 0.717) is 12.6 Å². The first kappa shape index (κ1) is 22.8. The van der Waals surface area contributed by atoms with Gasteiger partial charge in [0.1, 0.15) is 0 Å². The fourth-order valence-electron chi connectivity index (χ4n) is 4.43. The number of carbonyl (C=O) groups excluding carboxylic acids is 2. The fraction of sp³-hybridized carbons (Fsp3) is 0.583. The third-order valence-electron chi connectivity index (χ3n) is 6.31. The van der Waals surface area contributed by atoms with Crippen LogP contribution in [0.25, 0.3) is 11.4 Å². The summed E-state index contributed by atoms with van der Waals surface area (Å²) >= 11 is 1.67. The van der Waals surface area contributed by atoms with E-state index in [0.717, 1.165) is 41.6 Å². The van der Waals surface area contributed by atoms with Crippen LogP contribution in [0, 0.1) is 0 Å². The van der Waals surface area contributed by atoms with E-state index in [1.165, 1.54) is 29.7 Å². The van der Waals surface area contributed by atoms with Crippen LogP contribution in [0.2, 0.25) is 0 Å². The van der Waals surface area contributed by atoms with Gasteiger partial charge >= 0.3 is 6.03 Å². The number of urea groups is 1. The number of benzene rings is 1. The lowest BCUT2D eigenvalue weighted by molar-refractivity contribution is -0.124. The molecule has 32 heavy (non-hydrogen) atoms. The van der Waals surface area contributed by atoms with Gasteiger partial charge in [0.15, 0.2) is 11.0 Å². The molecule has 1 aromatic carbocycles. The average Bonchev–Trinajstić information content (AvgIpc) is 3.34. The molecule has 4 rings (SSSR count). The Morgan fingerprint density at radius 2 is 1.78 bits per heavy atom. The lowest BCUT2D eigenvalue weighted by Gasteiger charge is -2.26. The van der Waals surface area contributed by atoms with Gasteiger partial charge in [0.05, 0.1) is 6.54 Å². The van der Waals surface area contributed by atoms with Crippen LogP contribution in [0.5, 0.6) is 0 Å². The Balaban J connectivity index is 1.50. The van der Waals surface area contributed by atoms with Gasteiger partial charge < -0.3 is 5.32 Å². The minimum Gasteiger partial charge on any atom is -0.329 e. The molecular formula is C24H33N5O2S. The Kier molecular flexibility index (Phi) is 6.88. The second-order valence-corrected chi connectivity index (χ2v) is 10.8. The molecular weight excluding hydrogens is 422 g/mol. The fourth-order valence-corrected chi connectivity index (χ4v) is 5.36. The molecule has 2 aromatic rings. The van der Waals surface area contributed by atoms with E-state index in [4.69, 9.17) is 0 Å². The zero-order chi connectivity index (χ0) is 22.7. The number of nitrogens with zero attached hydrogens (tertiary/aromatic N) is 4. The van der Waals surface area contributed by atoms with Crippen LogP contribution < -0.4 is 5.32 Å². The summed E-state index contributed by atoms with van der Waals surface area (Å²) in [7, 11) is 0. The molecule has 1 aliphatic carbocycles. The minimum absolute atomic E-state index is 0.110. The third kappa shape index (κ3) is 5.00. The highest BCUT2D eigenvalue weighted by Gasteiger charge is 2.28. The van der Waals surface area contributed by atoms with Gasteiger partial charge in [-0.3, -0.25) is 14.3 Å². The quantitative estimate of drug-likeness (QED) is 0.369. The van der Waals surface area contributed by atoms with E-state index in [2.05, 4.69) is 65.1 Å². The predicted molar refractivity (Wildman–Crippen MR) is 127 cm³/mol. The molecule has 0 bridgehead atoms. The first-order valence-corrected chi connectivity index (χ1v) is 12.6. The van der Waals surface area contributed by atoms with Gasteiger partial charge in [-0.25, -0.2) is 4.79 Å². The SMILES string of the molecule is CC(C)(C)c1ccc(-c2nnc(SCCCN3C(=O)CNC3=O)n2C2CCCCC2)cc1. The van der Waals surface area contributed by atoms with Crippen LogP contribution in [0.4, 0.5) is 4.79 Å². The summed E-state index contributed by atoms with van der Waals surface area (Å²) in [4.78, 5) is 24.8. The molecule has 2 aliphatic rings. The molecule has 1 aromatic heterocycles. The van der Waals surface area contributed by atoms with Crippen LogP contribution in [-0.4, -0.2) is 50.4 Å². The first-order chi connectivity index (χ1) is 15.3. The number of imide groups is 1. The molecule has 0 atom stereocenters. The Hall–Kier alpha value is -2.35. The number of hydrogen-bond acceptors (Lipinski definition) is 5. The van der Waals surface area contributed by atoms with Crippen LogP contribution in [0.3, 0.4) is 0 Å². The highest BCUT2D eigenvalue weighted by molar-refractivity contribution is 7.99. The van der Waals surface area contributed by atoms with Crippen molar-refractivity contribution < 1.29 is 9.59 Å². The van der Waals surface area contributed by atoms with Crippen molar-refractivity contribution >= 4 is 23.7 Å². The van der Waals surface area contributed by atoms with Crippen molar-refractivity contribution in [3.63, 3.8) is 0 Å². The summed E-state index contributed by atoms with van der Waals surface area (Å²) in [6, 6.07) is 8.85. The smallest absolute Gasteiger partial charge is 0.324 e. The van der Waals surface area contributed by atoms with Crippen molar-refractivity contribution in [3.05, 3.63) is 29.8 Å². The van der Waals surface area contributed by atoms with Crippen molar-refractivity contribution in [1.82, 2.24) is 25.0 Å². The van der Waals surface area contributed by atoms with Gasteiger partial charge in [0.25, 0.3) is 0 Å². The first-order valence-electron chi connectivity index (χ1n) is 11.6. The summed E-state index contributed by atoms with van der Waals surface area (Å²) in [5, 5.41) is 12.7. The predicted octanol–water partition coefficient (Wildman–Crippen LogP) is 4.78. The summed E-state index contributed by atoms with van der Waals surface area (Å²) in [5.41, 5.74) is 2.52. The molecule has 0 spiro atoms. The van der Waals surface area contributed by atoms with Gasteiger partial charge in [-0.1, -0.05) is 76.1 Å². The molecule has 0 radical (unpaired) electrons. The minimum atomic E-state index is -0.286. The summed E-state index contributed by atoms with van der Waals surface area (Å²) in [5.74, 6) is 1.57. The van der Waals surface area contributed by atoms with Crippen LogP contribution in [0.15, 0.2) is 29.4 Å². The van der Waals surface area contributed by atoms with Gasteiger partial charge in [-0.05, 0) is 30.2 Å². The molecule has 1 saturated carbocycles. The lowest BCUT2D eigenvalue weighted by atomic mass is 9.86. The second kappa shape index (κ2) is 9.65. The molecule has 7 nitrogen and oxygen atoms in total. The van der Waals surface area contributed by atoms with E-state index in [1.54, 1.807) is 11.8 Å². The van der Waals surface area contributed by atoms with E-state index < -0.39 is 0 Å². The van der Waals surface area contributed by atoms with Crippen molar-refractivity contribution in [2.75, 3.05) is 18.8 Å². The highest BCUT2D eigenvalue weighted by Crippen LogP contribution is 2.36. The van der Waals surface area contributed by atoms with Crippen LogP contribution in [-0.2, 0) is 10.2 Å². The Morgan fingerprint density at radius 1 is 1.06 bits per heavy atom. The standard InChI is InChI=1S/C24H33N5O2S/c1-24(2,3)18-12-10-17(11-13-18)21-26-27-23(29(21)19-8-5-4-6-9-19)32-15-7-14-28-20(30)16-25-22(28)31/h10-13,19H,4-9,14-16H2,1-3H3,(H,25,31). The Morgan fingerprint density at radius 3 is 2.41 bits per heavy atom. The molecule has 1 saturated heterocycles. The summed E-state index contributed by atoms with van der Waals surface area (Å²) in [6.07, 6.45) is 6.81. The number of rotatable bonds is 7. The molecule has 3 amide bonds. The number of amides is 3. The van der Waals surface area contributed by atoms with E-state index in [9.17, 15) is 9.59 Å². The molecule has 1 aliphatic heterocycles. The number of nitrogens with one attached hydrogen (secondary N) is 1. The maximum absolute atomic E-state index is 11.8. The zero-order valence-corrected chi connectivity index (χ0v) is 20.1. The molecule has 2 fully saturated rings. The third-order valence-corrected chi connectivity index (χ3v) is 7.34. The van der Waals surface area contributed by atoms with Crippen LogP contribution in [0.1, 0.15) is 70.9 Å². The normalized spacial score (nSPS) is 17.8. The highest BCUT2D eigenvalue weighted by atomic mass is 32.2. The monoisotopic (exact) mass is 455 g/mol. The van der Waals surface area contributed by atoms with E-state index in [1.807, 2.05) is 0 Å². The van der Waals surface area contributed by atoms with Crippen LogP contribution >= 0.6 is 11.8 Å². The summed E-state index contributed by atoms with van der Waals surface area (Å²) in [6.45, 7) is 7.22. The van der Waals surface area contributed by atoms with E-state index in [-0.39, 0.29) is 23.9 Å². The molecule has 0 unspecified atom stereocenters. The number of thioether (sulfide) groups is 1. The largest absolute Gasteiger partial charge is 0.329 e. The average molecular weight is 456 g/mol. The number of aromatic nitrogens is 3. The number of carbonyl (C=O) groups is 2. The summed E-state index contributed by atoms with van der Waals surface area (Å²) < 4.78 is 2.34. The molecule has 8 heteroatoms. The van der Waals surface area contributed by atoms with Gasteiger partial charge in [0.2, 0.25) is 5.91 Å². The van der Waals surface area contributed by atoms with Crippen molar-refractivity contribution in [1.29, 1.82) is 0 Å². The van der Waals surface area contributed by atoms with Gasteiger partial charge in [0, 0.05) is 23.9 Å². The van der Waals surface area contributed by atoms with Crippen molar-refractivity contribution in [2.45, 2.75) is 75.9 Å². The Labute approximate surface area is 194 Å². The van der Waals surface area contributed by atoms with Gasteiger partial charge in [-0.15, -0.1) is 10.2 Å². The van der Waals surface area contributed by atoms with Crippen molar-refractivity contribution in [2.24, 2.45) is 0 Å². The second-order valence-electron chi connectivity index (χ2n) is 9.70. The van der Waals surface area contributed by atoms with Crippen molar-refractivity contribution in [3.8, 4) is 11.4 Å². The maximum Gasteiger partial charge on any atom is 0.324 e. The zero-order valence-electron chi connectivity index (χ0n) is 19.3. The molecule has 1 N–H and O–H groups in total. The lowest BCUT2D eigenvalue weighted by Crippen LogP contribution is -2.32. The topological polar surface area (TPSA) is 80.1 Å². The van der Waals surface area contributed by atoms with Gasteiger partial charge in [-0.2, -0.15) is 0 Å². The number of hydrogen-bond donors (Lipinski definition) is 1. The Bertz CT molecular complexity index is 942. The maximum atomic E-state index is 11.8. The van der Waals surface area contributed by atoms with E-state index >= 15 is 0 Å². The molecule has 172 valence electrons. The molecule has 2 heterocycles.